The van der Waals surface area contributed by atoms with Crippen molar-refractivity contribution < 1.29 is 25.8 Å². The SMILES string of the molecule is Cc1ccnc(-n2c3[c-]c(Oc4[c-]c(-n5cc(-c6c(C(C)(C)C)c(C)c(C)c(C)c6C(C)(C)C)cn5)ccc4)ccc3c3ccccc32)c1.[Pt+2]. The molecule has 0 radical (unpaired) electrons. The summed E-state index contributed by atoms with van der Waals surface area (Å²) in [4.78, 5) is 4.70. The average molecular weight is 840 g/mol. The quantitative estimate of drug-likeness (QED) is 0.162. The van der Waals surface area contributed by atoms with Crippen molar-refractivity contribution in [1.29, 1.82) is 0 Å². The van der Waals surface area contributed by atoms with E-state index in [4.69, 9.17) is 14.8 Å². The minimum absolute atomic E-state index is 0. The van der Waals surface area contributed by atoms with Crippen molar-refractivity contribution in [1.82, 2.24) is 19.3 Å². The average Bonchev–Trinajstić information content (AvgIpc) is 3.66. The van der Waals surface area contributed by atoms with E-state index in [1.54, 1.807) is 0 Å². The van der Waals surface area contributed by atoms with E-state index in [-0.39, 0.29) is 31.9 Å². The zero-order valence-electron chi connectivity index (χ0n) is 30.6. The van der Waals surface area contributed by atoms with Crippen LogP contribution in [0.5, 0.6) is 11.5 Å². The van der Waals surface area contributed by atoms with Crippen LogP contribution in [0.1, 0.15) is 74.9 Å². The van der Waals surface area contributed by atoms with Crippen molar-refractivity contribution in [2.75, 3.05) is 0 Å². The summed E-state index contributed by atoms with van der Waals surface area (Å²) in [6, 6.07) is 29.5. The number of hydrogen-bond donors (Lipinski definition) is 0. The Kier molecular flexibility index (Phi) is 9.20. The first-order chi connectivity index (χ1) is 23.2. The molecule has 7 rings (SSSR count). The first kappa shape index (κ1) is 35.4. The maximum atomic E-state index is 6.44. The molecule has 0 unspecified atom stereocenters. The van der Waals surface area contributed by atoms with Gasteiger partial charge >= 0.3 is 21.1 Å². The van der Waals surface area contributed by atoms with Crippen LogP contribution in [0.15, 0.2) is 85.3 Å². The van der Waals surface area contributed by atoms with Gasteiger partial charge in [-0.1, -0.05) is 65.3 Å². The summed E-state index contributed by atoms with van der Waals surface area (Å²) in [5, 5.41) is 7.11. The Hall–Kier alpha value is -4.47. The predicted octanol–water partition coefficient (Wildman–Crippen LogP) is 11.3. The normalized spacial score (nSPS) is 12.0. The van der Waals surface area contributed by atoms with E-state index in [1.165, 1.54) is 33.4 Å². The molecule has 50 heavy (non-hydrogen) atoms. The monoisotopic (exact) mass is 839 g/mol. The van der Waals surface area contributed by atoms with Crippen molar-refractivity contribution in [3.63, 3.8) is 0 Å². The number of aryl methyl sites for hydroxylation is 1. The van der Waals surface area contributed by atoms with Crippen LogP contribution in [-0.2, 0) is 31.9 Å². The summed E-state index contributed by atoms with van der Waals surface area (Å²) < 4.78 is 10.5. The topological polar surface area (TPSA) is 44.9 Å². The molecule has 0 saturated heterocycles. The van der Waals surface area contributed by atoms with E-state index in [1.807, 2.05) is 47.4 Å². The molecule has 0 fully saturated rings. The molecular weight excluding hydrogens is 796 g/mol. The summed E-state index contributed by atoms with van der Waals surface area (Å²) >= 11 is 0. The first-order valence-electron chi connectivity index (χ1n) is 17.0. The van der Waals surface area contributed by atoms with Crippen molar-refractivity contribution in [3.8, 4) is 34.1 Å². The third-order valence-electron chi connectivity index (χ3n) is 9.65. The van der Waals surface area contributed by atoms with Gasteiger partial charge in [0.05, 0.1) is 6.20 Å². The molecule has 0 spiro atoms. The Balaban J connectivity index is 0.00000432. The van der Waals surface area contributed by atoms with Crippen LogP contribution < -0.4 is 4.74 Å². The fourth-order valence-corrected chi connectivity index (χ4v) is 7.47. The number of para-hydroxylation sites is 1. The number of fused-ring (bicyclic) bond motifs is 3. The maximum absolute atomic E-state index is 6.44. The van der Waals surface area contributed by atoms with Gasteiger partial charge in [-0.25, -0.2) is 4.98 Å². The molecule has 0 amide bonds. The van der Waals surface area contributed by atoms with E-state index in [0.29, 0.717) is 11.5 Å². The Bertz CT molecular complexity index is 2340. The van der Waals surface area contributed by atoms with E-state index in [9.17, 15) is 0 Å². The molecular formula is C44H44N4OPt. The Morgan fingerprint density at radius 3 is 2.06 bits per heavy atom. The van der Waals surface area contributed by atoms with Crippen LogP contribution in [0.4, 0.5) is 0 Å². The molecule has 3 heterocycles. The zero-order chi connectivity index (χ0) is 34.8. The van der Waals surface area contributed by atoms with Crippen molar-refractivity contribution >= 4 is 21.8 Å². The molecule has 0 aliphatic carbocycles. The van der Waals surface area contributed by atoms with Gasteiger partial charge in [-0.15, -0.1) is 35.7 Å². The smallest absolute Gasteiger partial charge is 0.509 e. The molecule has 256 valence electrons. The molecule has 0 bridgehead atoms. The molecule has 0 N–H and O–H groups in total. The number of hydrogen-bond acceptors (Lipinski definition) is 3. The van der Waals surface area contributed by atoms with Crippen LogP contribution in [-0.4, -0.2) is 19.3 Å². The maximum Gasteiger partial charge on any atom is 2.00 e. The third-order valence-corrected chi connectivity index (χ3v) is 9.65. The molecule has 6 heteroatoms. The summed E-state index contributed by atoms with van der Waals surface area (Å²) in [6.45, 7) is 22.7. The van der Waals surface area contributed by atoms with E-state index >= 15 is 0 Å². The Morgan fingerprint density at radius 2 is 1.38 bits per heavy atom. The van der Waals surface area contributed by atoms with Gasteiger partial charge in [-0.05, 0) is 107 Å². The van der Waals surface area contributed by atoms with Crippen LogP contribution in [0, 0.1) is 39.8 Å². The van der Waals surface area contributed by atoms with Crippen LogP contribution in [0.3, 0.4) is 0 Å². The predicted molar refractivity (Wildman–Crippen MR) is 202 cm³/mol. The van der Waals surface area contributed by atoms with Gasteiger partial charge in [0.25, 0.3) is 0 Å². The third kappa shape index (κ3) is 6.22. The Labute approximate surface area is 310 Å². The minimum Gasteiger partial charge on any atom is -0.509 e. The second-order valence-electron chi connectivity index (χ2n) is 15.3. The fourth-order valence-electron chi connectivity index (χ4n) is 7.47. The van der Waals surface area contributed by atoms with E-state index in [2.05, 4.69) is 129 Å². The van der Waals surface area contributed by atoms with E-state index in [0.717, 1.165) is 44.4 Å². The van der Waals surface area contributed by atoms with Gasteiger partial charge in [-0.2, -0.15) is 17.2 Å². The fraction of sp³-hybridized carbons (Fsp3) is 0.273. The van der Waals surface area contributed by atoms with Crippen molar-refractivity contribution in [2.45, 2.75) is 80.1 Å². The van der Waals surface area contributed by atoms with Crippen LogP contribution in [0.25, 0.3) is 44.4 Å². The van der Waals surface area contributed by atoms with Crippen molar-refractivity contribution in [3.05, 3.63) is 131 Å². The molecule has 0 atom stereocenters. The standard InChI is InChI=1S/C44H44N4O.Pt/c1-27-20-21-45-39(22-27)48-37-17-12-11-16-35(37)36-19-18-34(24-38(36)48)49-33-15-13-14-32(23-33)47-26-31(25-46-47)40-41(43(5,6)7)29(3)28(2)30(4)42(40)44(8,9)10;/h11-22,25-26H,1-10H3;/q-2;+2. The van der Waals surface area contributed by atoms with E-state index < -0.39 is 0 Å². The number of nitrogens with zero attached hydrogens (tertiary/aromatic N) is 4. The van der Waals surface area contributed by atoms with Gasteiger partial charge in [0.1, 0.15) is 5.82 Å². The number of benzene rings is 4. The van der Waals surface area contributed by atoms with Gasteiger partial charge < -0.3 is 9.30 Å². The molecule has 5 nitrogen and oxygen atoms in total. The zero-order valence-corrected chi connectivity index (χ0v) is 32.9. The van der Waals surface area contributed by atoms with Gasteiger partial charge in [0.2, 0.25) is 0 Å². The summed E-state index contributed by atoms with van der Waals surface area (Å²) in [6.07, 6.45) is 5.98. The number of pyridine rings is 1. The molecule has 3 aromatic heterocycles. The number of ether oxygens (including phenoxy) is 1. The Morgan fingerprint density at radius 1 is 0.700 bits per heavy atom. The largest absolute Gasteiger partial charge is 2.00 e. The number of rotatable bonds is 5. The van der Waals surface area contributed by atoms with Crippen LogP contribution >= 0.6 is 0 Å². The van der Waals surface area contributed by atoms with Gasteiger partial charge in [0, 0.05) is 35.0 Å². The summed E-state index contributed by atoms with van der Waals surface area (Å²) in [7, 11) is 0. The van der Waals surface area contributed by atoms with Crippen molar-refractivity contribution in [2.24, 2.45) is 0 Å². The number of aromatic nitrogens is 4. The molecule has 0 saturated carbocycles. The minimum atomic E-state index is -0.0431. The van der Waals surface area contributed by atoms with Gasteiger partial charge in [-0.3, -0.25) is 4.68 Å². The second-order valence-corrected chi connectivity index (χ2v) is 15.3. The van der Waals surface area contributed by atoms with Crippen LogP contribution in [0.2, 0.25) is 0 Å². The van der Waals surface area contributed by atoms with Gasteiger partial charge in [0.15, 0.2) is 0 Å². The summed E-state index contributed by atoms with van der Waals surface area (Å²) in [5.74, 6) is 2.05. The molecule has 0 aliphatic heterocycles. The molecule has 4 aromatic carbocycles. The molecule has 7 aromatic rings. The summed E-state index contributed by atoms with van der Waals surface area (Å²) in [5.41, 5.74) is 13.1. The second kappa shape index (κ2) is 13.0. The molecule has 0 aliphatic rings. The first-order valence-corrected chi connectivity index (χ1v) is 17.0.